The molecule has 1 saturated heterocycles. The van der Waals surface area contributed by atoms with Crippen molar-refractivity contribution in [2.24, 2.45) is 5.92 Å². The topological polar surface area (TPSA) is 85.9 Å². The van der Waals surface area contributed by atoms with Gasteiger partial charge in [-0.25, -0.2) is 4.98 Å². The van der Waals surface area contributed by atoms with Crippen molar-refractivity contribution in [2.75, 3.05) is 13.1 Å². The molecule has 1 aliphatic rings. The van der Waals surface area contributed by atoms with Crippen LogP contribution in [0.2, 0.25) is 0 Å². The molecule has 0 bridgehead atoms. The number of hydrogen-bond acceptors (Lipinski definition) is 5. The van der Waals surface area contributed by atoms with E-state index in [4.69, 9.17) is 0 Å². The summed E-state index contributed by atoms with van der Waals surface area (Å²) in [6.07, 6.45) is 2.88. The largest absolute Gasteiger partial charge is 0.316 e. The monoisotopic (exact) mass is 273 g/mol. The molecule has 2 heterocycles. The Balaban J connectivity index is 1.73. The molecule has 1 fully saturated rings. The first-order chi connectivity index (χ1) is 9.72. The maximum Gasteiger partial charge on any atom is 0.269 e. The van der Waals surface area contributed by atoms with Crippen molar-refractivity contribution >= 4 is 5.69 Å². The van der Waals surface area contributed by atoms with E-state index in [1.807, 2.05) is 4.68 Å². The van der Waals surface area contributed by atoms with Crippen LogP contribution in [0.4, 0.5) is 5.69 Å². The molecule has 1 aromatic carbocycles. The highest BCUT2D eigenvalue weighted by Gasteiger charge is 2.16. The van der Waals surface area contributed by atoms with Gasteiger partial charge >= 0.3 is 0 Å². The van der Waals surface area contributed by atoms with Crippen molar-refractivity contribution in [2.45, 2.75) is 13.0 Å². The molecule has 7 nitrogen and oxygen atoms in total. The predicted molar refractivity (Wildman–Crippen MR) is 73.1 cm³/mol. The summed E-state index contributed by atoms with van der Waals surface area (Å²) in [5.41, 5.74) is 0.865. The minimum atomic E-state index is -0.414. The molecule has 0 radical (unpaired) electrons. The molecule has 104 valence electrons. The molecular weight excluding hydrogens is 258 g/mol. The molecule has 2 aromatic rings. The first-order valence-electron chi connectivity index (χ1n) is 6.57. The van der Waals surface area contributed by atoms with E-state index in [0.29, 0.717) is 11.7 Å². The van der Waals surface area contributed by atoms with Gasteiger partial charge in [0, 0.05) is 24.2 Å². The fourth-order valence-corrected chi connectivity index (χ4v) is 2.38. The van der Waals surface area contributed by atoms with E-state index in [-0.39, 0.29) is 5.69 Å². The molecule has 0 aliphatic carbocycles. The van der Waals surface area contributed by atoms with E-state index in [9.17, 15) is 10.1 Å². The zero-order valence-corrected chi connectivity index (χ0v) is 10.9. The maximum atomic E-state index is 10.6. The van der Waals surface area contributed by atoms with Gasteiger partial charge in [0.05, 0.1) is 4.92 Å². The van der Waals surface area contributed by atoms with Gasteiger partial charge in [-0.1, -0.05) is 0 Å². The van der Waals surface area contributed by atoms with Crippen molar-refractivity contribution in [3.05, 3.63) is 40.7 Å². The number of nitrogens with zero attached hydrogens (tertiary/aromatic N) is 4. The van der Waals surface area contributed by atoms with Crippen molar-refractivity contribution in [1.29, 1.82) is 0 Å². The van der Waals surface area contributed by atoms with Crippen LogP contribution in [0, 0.1) is 16.0 Å². The van der Waals surface area contributed by atoms with Crippen LogP contribution in [0.15, 0.2) is 30.6 Å². The van der Waals surface area contributed by atoms with E-state index in [1.54, 1.807) is 18.5 Å². The Hall–Kier alpha value is -2.28. The molecule has 0 amide bonds. The number of nitro groups is 1. The summed E-state index contributed by atoms with van der Waals surface area (Å²) < 4.78 is 1.84. The molecule has 20 heavy (non-hydrogen) atoms. The van der Waals surface area contributed by atoms with Crippen molar-refractivity contribution in [1.82, 2.24) is 20.1 Å². The third-order valence-electron chi connectivity index (χ3n) is 3.48. The molecule has 0 spiro atoms. The molecular formula is C13H15N5O2. The summed E-state index contributed by atoms with van der Waals surface area (Å²) in [5, 5.41) is 18.4. The second kappa shape index (κ2) is 5.38. The first-order valence-corrected chi connectivity index (χ1v) is 6.57. The molecule has 3 rings (SSSR count). The number of aromatic nitrogens is 3. The number of hydrogen-bond donors (Lipinski definition) is 1. The third kappa shape index (κ3) is 2.67. The van der Waals surface area contributed by atoms with Gasteiger partial charge in [0.1, 0.15) is 6.33 Å². The van der Waals surface area contributed by atoms with Crippen molar-refractivity contribution in [3.63, 3.8) is 0 Å². The Morgan fingerprint density at radius 3 is 2.85 bits per heavy atom. The van der Waals surface area contributed by atoms with E-state index in [0.717, 1.165) is 31.6 Å². The average molecular weight is 273 g/mol. The summed E-state index contributed by atoms with van der Waals surface area (Å²) in [6, 6.07) is 6.29. The van der Waals surface area contributed by atoms with Gasteiger partial charge in [0.25, 0.3) is 5.69 Å². The van der Waals surface area contributed by atoms with Crippen LogP contribution < -0.4 is 5.32 Å². The Morgan fingerprint density at radius 2 is 2.20 bits per heavy atom. The summed E-state index contributed by atoms with van der Waals surface area (Å²) in [6.45, 7) is 2.94. The average Bonchev–Trinajstić information content (AvgIpc) is 3.11. The molecule has 1 aromatic heterocycles. The number of rotatable bonds is 4. The summed E-state index contributed by atoms with van der Waals surface area (Å²) >= 11 is 0. The first kappa shape index (κ1) is 12.7. The molecule has 7 heteroatoms. The lowest BCUT2D eigenvalue weighted by Gasteiger charge is -2.06. The van der Waals surface area contributed by atoms with Crippen molar-refractivity contribution in [3.8, 4) is 11.4 Å². The van der Waals surface area contributed by atoms with Crippen LogP contribution >= 0.6 is 0 Å². The standard InChI is InChI=1S/C13H15N5O2/c19-18(20)12-3-1-11(2-4-12)13-15-9-17(16-13)8-10-5-6-14-7-10/h1-4,9-10,14H,5-8H2. The number of benzene rings is 1. The van der Waals surface area contributed by atoms with Crippen LogP contribution in [-0.2, 0) is 6.54 Å². The fourth-order valence-electron chi connectivity index (χ4n) is 2.38. The minimum Gasteiger partial charge on any atom is -0.316 e. The number of non-ortho nitro benzene ring substituents is 1. The lowest BCUT2D eigenvalue weighted by atomic mass is 10.1. The Bertz CT molecular complexity index is 601. The van der Waals surface area contributed by atoms with E-state index in [2.05, 4.69) is 15.4 Å². The van der Waals surface area contributed by atoms with Gasteiger partial charge in [-0.05, 0) is 37.6 Å². The highest BCUT2D eigenvalue weighted by Crippen LogP contribution is 2.19. The van der Waals surface area contributed by atoms with Crippen LogP contribution in [-0.4, -0.2) is 32.8 Å². The van der Waals surface area contributed by atoms with Gasteiger partial charge in [-0.3, -0.25) is 14.8 Å². The highest BCUT2D eigenvalue weighted by atomic mass is 16.6. The van der Waals surface area contributed by atoms with Crippen LogP contribution in [0.5, 0.6) is 0 Å². The van der Waals surface area contributed by atoms with Gasteiger partial charge in [0.2, 0.25) is 0 Å². The SMILES string of the molecule is O=[N+]([O-])c1ccc(-c2ncn(CC3CCNC3)n2)cc1. The highest BCUT2D eigenvalue weighted by molar-refractivity contribution is 5.56. The van der Waals surface area contributed by atoms with Gasteiger partial charge in [0.15, 0.2) is 5.82 Å². The molecule has 0 saturated carbocycles. The Kier molecular flexibility index (Phi) is 3.42. The van der Waals surface area contributed by atoms with Crippen LogP contribution in [0.25, 0.3) is 11.4 Å². The smallest absolute Gasteiger partial charge is 0.269 e. The van der Waals surface area contributed by atoms with E-state index < -0.39 is 4.92 Å². The quantitative estimate of drug-likeness (QED) is 0.673. The summed E-state index contributed by atoms with van der Waals surface area (Å²) in [7, 11) is 0. The van der Waals surface area contributed by atoms with Crippen LogP contribution in [0.1, 0.15) is 6.42 Å². The second-order valence-corrected chi connectivity index (χ2v) is 4.95. The zero-order valence-electron chi connectivity index (χ0n) is 10.9. The fraction of sp³-hybridized carbons (Fsp3) is 0.385. The third-order valence-corrected chi connectivity index (χ3v) is 3.48. The summed E-state index contributed by atoms with van der Waals surface area (Å²) in [5.74, 6) is 1.20. The maximum absolute atomic E-state index is 10.6. The lowest BCUT2D eigenvalue weighted by molar-refractivity contribution is -0.384. The minimum absolute atomic E-state index is 0.0743. The zero-order chi connectivity index (χ0) is 13.9. The molecule has 1 atom stereocenters. The molecule has 1 N–H and O–H groups in total. The Morgan fingerprint density at radius 1 is 1.40 bits per heavy atom. The summed E-state index contributed by atoms with van der Waals surface area (Å²) in [4.78, 5) is 14.5. The molecule has 1 unspecified atom stereocenters. The van der Waals surface area contributed by atoms with Gasteiger partial charge < -0.3 is 5.32 Å². The van der Waals surface area contributed by atoms with Crippen molar-refractivity contribution < 1.29 is 4.92 Å². The Labute approximate surface area is 115 Å². The predicted octanol–water partition coefficient (Wildman–Crippen LogP) is 1.46. The number of nitro benzene ring substituents is 1. The van der Waals surface area contributed by atoms with E-state index >= 15 is 0 Å². The lowest BCUT2D eigenvalue weighted by Crippen LogP contribution is -2.14. The van der Waals surface area contributed by atoms with Crippen LogP contribution in [0.3, 0.4) is 0 Å². The van der Waals surface area contributed by atoms with E-state index in [1.165, 1.54) is 12.1 Å². The van der Waals surface area contributed by atoms with Gasteiger partial charge in [-0.2, -0.15) is 5.10 Å². The molecule has 1 aliphatic heterocycles. The second-order valence-electron chi connectivity index (χ2n) is 4.95. The van der Waals surface area contributed by atoms with Gasteiger partial charge in [-0.15, -0.1) is 0 Å². The number of nitrogens with one attached hydrogen (secondary N) is 1. The normalized spacial score (nSPS) is 18.3.